The smallest absolute Gasteiger partial charge is 0.243 e. The van der Waals surface area contributed by atoms with E-state index in [0.717, 1.165) is 18.4 Å². The SMILES string of the molecule is Nc1ccc(CC(=O)NCC2CCN(S(=O)(=O)c3ccccc3)CC2)cc1. The van der Waals surface area contributed by atoms with Gasteiger partial charge in [0.15, 0.2) is 0 Å². The number of benzene rings is 2. The van der Waals surface area contributed by atoms with Crippen LogP contribution in [-0.4, -0.2) is 38.3 Å². The highest BCUT2D eigenvalue weighted by molar-refractivity contribution is 7.89. The number of hydrogen-bond acceptors (Lipinski definition) is 4. The zero-order valence-corrected chi connectivity index (χ0v) is 16.0. The standard InChI is InChI=1S/C20H25N3O3S/c21-18-8-6-16(7-9-18)14-20(24)22-15-17-10-12-23(13-11-17)27(25,26)19-4-2-1-3-5-19/h1-9,17H,10-15,21H2,(H,22,24). The summed E-state index contributed by atoms with van der Waals surface area (Å²) in [6.45, 7) is 1.54. The lowest BCUT2D eigenvalue weighted by Gasteiger charge is -2.31. The van der Waals surface area contributed by atoms with Gasteiger partial charge in [0.2, 0.25) is 15.9 Å². The van der Waals surface area contributed by atoms with Crippen molar-refractivity contribution in [2.24, 2.45) is 5.92 Å². The van der Waals surface area contributed by atoms with E-state index >= 15 is 0 Å². The van der Waals surface area contributed by atoms with Crippen molar-refractivity contribution in [2.75, 3.05) is 25.4 Å². The summed E-state index contributed by atoms with van der Waals surface area (Å²) >= 11 is 0. The van der Waals surface area contributed by atoms with Gasteiger partial charge >= 0.3 is 0 Å². The molecule has 6 nitrogen and oxygen atoms in total. The molecular formula is C20H25N3O3S. The molecule has 0 saturated carbocycles. The number of rotatable bonds is 6. The van der Waals surface area contributed by atoms with Crippen LogP contribution < -0.4 is 11.1 Å². The Bertz CT molecular complexity index is 859. The Labute approximate surface area is 160 Å². The van der Waals surface area contributed by atoms with Crippen LogP contribution in [0.1, 0.15) is 18.4 Å². The van der Waals surface area contributed by atoms with Crippen LogP contribution in [0.2, 0.25) is 0 Å². The molecule has 0 aromatic heterocycles. The molecule has 1 heterocycles. The Kier molecular flexibility index (Phi) is 6.13. The van der Waals surface area contributed by atoms with Crippen LogP contribution in [0.4, 0.5) is 5.69 Å². The first kappa shape index (κ1) is 19.4. The van der Waals surface area contributed by atoms with Crippen molar-refractivity contribution in [3.63, 3.8) is 0 Å². The van der Waals surface area contributed by atoms with E-state index in [0.29, 0.717) is 42.6 Å². The maximum absolute atomic E-state index is 12.6. The molecule has 0 bridgehead atoms. The predicted molar refractivity (Wildman–Crippen MR) is 105 cm³/mol. The number of anilines is 1. The molecular weight excluding hydrogens is 362 g/mol. The molecule has 1 amide bonds. The summed E-state index contributed by atoms with van der Waals surface area (Å²) in [5, 5.41) is 2.96. The number of hydrogen-bond donors (Lipinski definition) is 2. The van der Waals surface area contributed by atoms with Crippen LogP contribution in [0, 0.1) is 5.92 Å². The third-order valence-electron chi connectivity index (χ3n) is 4.89. The zero-order valence-electron chi connectivity index (χ0n) is 15.2. The van der Waals surface area contributed by atoms with Gasteiger partial charge in [-0.25, -0.2) is 8.42 Å². The minimum atomic E-state index is -3.43. The first-order chi connectivity index (χ1) is 12.9. The van der Waals surface area contributed by atoms with E-state index in [1.165, 1.54) is 4.31 Å². The highest BCUT2D eigenvalue weighted by Gasteiger charge is 2.29. The molecule has 2 aromatic rings. The number of sulfonamides is 1. The third kappa shape index (κ3) is 5.08. The van der Waals surface area contributed by atoms with Crippen molar-refractivity contribution in [3.8, 4) is 0 Å². The average molecular weight is 388 g/mol. The second-order valence-electron chi connectivity index (χ2n) is 6.88. The zero-order chi connectivity index (χ0) is 19.3. The molecule has 1 aliphatic rings. The number of piperidine rings is 1. The fourth-order valence-electron chi connectivity index (χ4n) is 3.24. The van der Waals surface area contributed by atoms with E-state index in [2.05, 4.69) is 5.32 Å². The van der Waals surface area contributed by atoms with Gasteiger partial charge in [0.05, 0.1) is 11.3 Å². The predicted octanol–water partition coefficient (Wildman–Crippen LogP) is 2.03. The van der Waals surface area contributed by atoms with Crippen molar-refractivity contribution in [2.45, 2.75) is 24.2 Å². The Hall–Kier alpha value is -2.38. The van der Waals surface area contributed by atoms with Crippen LogP contribution in [0.3, 0.4) is 0 Å². The van der Waals surface area contributed by atoms with Crippen molar-refractivity contribution < 1.29 is 13.2 Å². The van der Waals surface area contributed by atoms with Gasteiger partial charge in [-0.2, -0.15) is 4.31 Å². The second-order valence-corrected chi connectivity index (χ2v) is 8.82. The molecule has 144 valence electrons. The highest BCUT2D eigenvalue weighted by atomic mass is 32.2. The molecule has 2 aromatic carbocycles. The molecule has 0 spiro atoms. The first-order valence-electron chi connectivity index (χ1n) is 9.11. The summed E-state index contributed by atoms with van der Waals surface area (Å²) in [5.41, 5.74) is 7.24. The van der Waals surface area contributed by atoms with Gasteiger partial charge in [-0.15, -0.1) is 0 Å². The lowest BCUT2D eigenvalue weighted by Crippen LogP contribution is -2.41. The van der Waals surface area contributed by atoms with Gasteiger partial charge < -0.3 is 11.1 Å². The fourth-order valence-corrected chi connectivity index (χ4v) is 4.73. The second kappa shape index (κ2) is 8.54. The molecule has 3 N–H and O–H groups in total. The normalized spacial score (nSPS) is 16.1. The minimum Gasteiger partial charge on any atom is -0.399 e. The highest BCUT2D eigenvalue weighted by Crippen LogP contribution is 2.23. The summed E-state index contributed by atoms with van der Waals surface area (Å²) < 4.78 is 26.8. The van der Waals surface area contributed by atoms with Crippen molar-refractivity contribution in [1.82, 2.24) is 9.62 Å². The summed E-state index contributed by atoms with van der Waals surface area (Å²) in [7, 11) is -3.43. The van der Waals surface area contributed by atoms with Gasteiger partial charge in [0.25, 0.3) is 0 Å². The summed E-state index contributed by atoms with van der Waals surface area (Å²) in [6, 6.07) is 15.8. The Morgan fingerprint density at radius 3 is 2.30 bits per heavy atom. The van der Waals surface area contributed by atoms with Crippen LogP contribution in [-0.2, 0) is 21.2 Å². The van der Waals surface area contributed by atoms with E-state index < -0.39 is 10.0 Å². The first-order valence-corrected chi connectivity index (χ1v) is 10.6. The monoisotopic (exact) mass is 387 g/mol. The topological polar surface area (TPSA) is 92.5 Å². The minimum absolute atomic E-state index is 0.0286. The van der Waals surface area contributed by atoms with Crippen molar-refractivity contribution in [3.05, 3.63) is 60.2 Å². The fraction of sp³-hybridized carbons (Fsp3) is 0.350. The number of nitrogen functional groups attached to an aromatic ring is 1. The number of nitrogens with two attached hydrogens (primary N) is 1. The Balaban J connectivity index is 1.45. The molecule has 27 heavy (non-hydrogen) atoms. The summed E-state index contributed by atoms with van der Waals surface area (Å²) in [6.07, 6.45) is 1.81. The summed E-state index contributed by atoms with van der Waals surface area (Å²) in [5.74, 6) is 0.265. The lowest BCUT2D eigenvalue weighted by molar-refractivity contribution is -0.120. The van der Waals surface area contributed by atoms with Gasteiger partial charge in [0.1, 0.15) is 0 Å². The number of carbonyl (C=O) groups excluding carboxylic acids is 1. The Morgan fingerprint density at radius 2 is 1.67 bits per heavy atom. The van der Waals surface area contributed by atoms with Crippen LogP contribution in [0.5, 0.6) is 0 Å². The molecule has 1 fully saturated rings. The van der Waals surface area contributed by atoms with Crippen LogP contribution in [0.15, 0.2) is 59.5 Å². The van der Waals surface area contributed by atoms with Crippen molar-refractivity contribution in [1.29, 1.82) is 0 Å². The molecule has 1 aliphatic heterocycles. The van der Waals surface area contributed by atoms with Gasteiger partial charge in [0, 0.05) is 25.3 Å². The molecule has 0 aliphatic carbocycles. The molecule has 7 heteroatoms. The number of carbonyl (C=O) groups is 1. The maximum atomic E-state index is 12.6. The van der Waals surface area contributed by atoms with E-state index in [1.54, 1.807) is 42.5 Å². The quantitative estimate of drug-likeness (QED) is 0.742. The number of nitrogens with one attached hydrogen (secondary N) is 1. The van der Waals surface area contributed by atoms with Gasteiger partial charge in [-0.05, 0) is 48.6 Å². The molecule has 0 radical (unpaired) electrons. The van der Waals surface area contributed by atoms with Gasteiger partial charge in [-0.1, -0.05) is 30.3 Å². The molecule has 0 unspecified atom stereocenters. The maximum Gasteiger partial charge on any atom is 0.243 e. The molecule has 1 saturated heterocycles. The van der Waals surface area contributed by atoms with Crippen molar-refractivity contribution >= 4 is 21.6 Å². The van der Waals surface area contributed by atoms with Gasteiger partial charge in [-0.3, -0.25) is 4.79 Å². The van der Waals surface area contributed by atoms with E-state index in [4.69, 9.17) is 5.73 Å². The largest absolute Gasteiger partial charge is 0.399 e. The lowest BCUT2D eigenvalue weighted by atomic mass is 9.98. The third-order valence-corrected chi connectivity index (χ3v) is 6.80. The summed E-state index contributed by atoms with van der Waals surface area (Å²) in [4.78, 5) is 12.4. The number of amides is 1. The molecule has 3 rings (SSSR count). The number of nitrogens with zero attached hydrogens (tertiary/aromatic N) is 1. The van der Waals surface area contributed by atoms with Crippen LogP contribution >= 0.6 is 0 Å². The average Bonchev–Trinajstić information content (AvgIpc) is 2.69. The van der Waals surface area contributed by atoms with E-state index in [9.17, 15) is 13.2 Å². The van der Waals surface area contributed by atoms with E-state index in [-0.39, 0.29) is 5.91 Å². The Morgan fingerprint density at radius 1 is 1.04 bits per heavy atom. The van der Waals surface area contributed by atoms with Crippen LogP contribution in [0.25, 0.3) is 0 Å². The molecule has 0 atom stereocenters. The van der Waals surface area contributed by atoms with E-state index in [1.807, 2.05) is 12.1 Å².